The molecule has 4 heteroatoms. The molecule has 0 aromatic heterocycles. The van der Waals surface area contributed by atoms with Crippen LogP contribution in [-0.2, 0) is 4.79 Å². The molecule has 0 aliphatic heterocycles. The molecule has 74 valence electrons. The minimum Gasteiger partial charge on any atom is -0.387 e. The van der Waals surface area contributed by atoms with Crippen LogP contribution in [0.4, 0.5) is 0 Å². The normalized spacial score (nSPS) is 28.1. The average Bonchev–Trinajstić information content (AvgIpc) is 2.03. The molecule has 2 unspecified atom stereocenters. The Balaban J connectivity index is 2.41. The molecule has 13 heavy (non-hydrogen) atoms. The van der Waals surface area contributed by atoms with Gasteiger partial charge in [-0.25, -0.2) is 0 Å². The molecule has 1 saturated carbocycles. The average molecular weight is 183 g/mol. The molecule has 0 radical (unpaired) electrons. The number of hydrogen-bond acceptors (Lipinski definition) is 2. The highest BCUT2D eigenvalue weighted by Crippen LogP contribution is 2.23. The number of rotatable bonds is 2. The second-order valence-electron chi connectivity index (χ2n) is 3.72. The van der Waals surface area contributed by atoms with Crippen LogP contribution in [0.5, 0.6) is 0 Å². The molecule has 4 nitrogen and oxygen atoms in total. The standard InChI is InChI=1S/C9H17N3O/c1-6(13)12-8-4-2-3-7(5-8)9(10)11/h7-8H,2-5H2,1H3,(H3,10,11)(H,12,13). The van der Waals surface area contributed by atoms with E-state index in [0.717, 1.165) is 25.7 Å². The lowest BCUT2D eigenvalue weighted by Gasteiger charge is -2.28. The van der Waals surface area contributed by atoms with Crippen LogP contribution < -0.4 is 11.1 Å². The molecular weight excluding hydrogens is 166 g/mol. The highest BCUT2D eigenvalue weighted by Gasteiger charge is 2.23. The van der Waals surface area contributed by atoms with Gasteiger partial charge in [0.25, 0.3) is 0 Å². The van der Waals surface area contributed by atoms with E-state index in [1.54, 1.807) is 0 Å². The minimum absolute atomic E-state index is 0.00852. The number of amides is 1. The van der Waals surface area contributed by atoms with Gasteiger partial charge in [-0.05, 0) is 19.3 Å². The third kappa shape index (κ3) is 3.05. The summed E-state index contributed by atoms with van der Waals surface area (Å²) < 4.78 is 0. The van der Waals surface area contributed by atoms with E-state index >= 15 is 0 Å². The molecule has 0 heterocycles. The van der Waals surface area contributed by atoms with E-state index in [0.29, 0.717) is 0 Å². The van der Waals surface area contributed by atoms with Gasteiger partial charge >= 0.3 is 0 Å². The van der Waals surface area contributed by atoms with Crippen LogP contribution in [-0.4, -0.2) is 17.8 Å². The quantitative estimate of drug-likeness (QED) is 0.433. The Morgan fingerprint density at radius 3 is 2.77 bits per heavy atom. The third-order valence-corrected chi connectivity index (χ3v) is 2.52. The Morgan fingerprint density at radius 1 is 1.54 bits per heavy atom. The lowest BCUT2D eigenvalue weighted by Crippen LogP contribution is -2.40. The number of hydrogen-bond donors (Lipinski definition) is 3. The van der Waals surface area contributed by atoms with Crippen molar-refractivity contribution < 1.29 is 4.79 Å². The van der Waals surface area contributed by atoms with Crippen molar-refractivity contribution >= 4 is 11.7 Å². The summed E-state index contributed by atoms with van der Waals surface area (Å²) in [4.78, 5) is 10.8. The van der Waals surface area contributed by atoms with E-state index in [1.807, 2.05) is 0 Å². The van der Waals surface area contributed by atoms with Gasteiger partial charge in [-0.3, -0.25) is 10.2 Å². The molecule has 1 amide bonds. The number of nitrogens with two attached hydrogens (primary N) is 1. The van der Waals surface area contributed by atoms with E-state index in [4.69, 9.17) is 11.1 Å². The fourth-order valence-corrected chi connectivity index (χ4v) is 1.89. The van der Waals surface area contributed by atoms with Crippen LogP contribution in [0.25, 0.3) is 0 Å². The van der Waals surface area contributed by atoms with Gasteiger partial charge in [0.2, 0.25) is 5.91 Å². The Bertz CT molecular complexity index is 215. The van der Waals surface area contributed by atoms with Gasteiger partial charge in [-0.1, -0.05) is 6.42 Å². The topological polar surface area (TPSA) is 79.0 Å². The van der Waals surface area contributed by atoms with Crippen molar-refractivity contribution in [3.63, 3.8) is 0 Å². The molecule has 2 atom stereocenters. The molecule has 1 fully saturated rings. The zero-order valence-corrected chi connectivity index (χ0v) is 7.97. The van der Waals surface area contributed by atoms with Crippen LogP contribution in [0.2, 0.25) is 0 Å². The van der Waals surface area contributed by atoms with Crippen molar-refractivity contribution in [1.82, 2.24) is 5.32 Å². The Labute approximate surface area is 78.4 Å². The second-order valence-corrected chi connectivity index (χ2v) is 3.72. The second kappa shape index (κ2) is 4.25. The highest BCUT2D eigenvalue weighted by molar-refractivity contribution is 5.80. The van der Waals surface area contributed by atoms with E-state index in [1.165, 1.54) is 6.92 Å². The molecule has 1 rings (SSSR count). The Kier molecular flexibility index (Phi) is 3.28. The molecule has 1 aliphatic carbocycles. The first-order chi connectivity index (χ1) is 6.09. The smallest absolute Gasteiger partial charge is 0.217 e. The van der Waals surface area contributed by atoms with Crippen LogP contribution in [0, 0.1) is 11.3 Å². The lowest BCUT2D eigenvalue weighted by atomic mass is 9.85. The van der Waals surface area contributed by atoms with Gasteiger partial charge in [0.05, 0.1) is 5.84 Å². The van der Waals surface area contributed by atoms with Crippen molar-refractivity contribution in [2.45, 2.75) is 38.6 Å². The van der Waals surface area contributed by atoms with Gasteiger partial charge in [-0.2, -0.15) is 0 Å². The summed E-state index contributed by atoms with van der Waals surface area (Å²) in [5.74, 6) is 0.440. The SMILES string of the molecule is CC(=O)NC1CCCC(C(=N)N)C1. The van der Waals surface area contributed by atoms with E-state index < -0.39 is 0 Å². The van der Waals surface area contributed by atoms with Gasteiger partial charge in [0.15, 0.2) is 0 Å². The summed E-state index contributed by atoms with van der Waals surface area (Å²) in [6.07, 6.45) is 3.89. The molecule has 0 saturated heterocycles. The molecule has 1 aliphatic rings. The highest BCUT2D eigenvalue weighted by atomic mass is 16.1. The predicted octanol–water partition coefficient (Wildman–Crippen LogP) is 0.617. The van der Waals surface area contributed by atoms with Crippen molar-refractivity contribution in [3.8, 4) is 0 Å². The Hall–Kier alpha value is -1.06. The van der Waals surface area contributed by atoms with Gasteiger partial charge < -0.3 is 11.1 Å². The summed E-state index contributed by atoms with van der Waals surface area (Å²) in [6, 6.07) is 0.222. The van der Waals surface area contributed by atoms with Crippen LogP contribution in [0.15, 0.2) is 0 Å². The first-order valence-corrected chi connectivity index (χ1v) is 4.70. The van der Waals surface area contributed by atoms with Crippen molar-refractivity contribution in [2.24, 2.45) is 11.7 Å². The van der Waals surface area contributed by atoms with Crippen molar-refractivity contribution in [1.29, 1.82) is 5.41 Å². The third-order valence-electron chi connectivity index (χ3n) is 2.52. The molecular formula is C9H17N3O. The maximum absolute atomic E-state index is 10.8. The molecule has 0 aromatic rings. The molecule has 0 bridgehead atoms. The van der Waals surface area contributed by atoms with Crippen LogP contribution in [0.3, 0.4) is 0 Å². The molecule has 0 spiro atoms. The maximum atomic E-state index is 10.8. The number of amidine groups is 1. The zero-order valence-electron chi connectivity index (χ0n) is 7.97. The number of nitrogens with one attached hydrogen (secondary N) is 2. The molecule has 4 N–H and O–H groups in total. The number of carbonyl (C=O) groups is 1. The van der Waals surface area contributed by atoms with Gasteiger partial charge in [0.1, 0.15) is 0 Å². The largest absolute Gasteiger partial charge is 0.387 e. The van der Waals surface area contributed by atoms with Crippen LogP contribution >= 0.6 is 0 Å². The van der Waals surface area contributed by atoms with Crippen molar-refractivity contribution in [2.75, 3.05) is 0 Å². The number of carbonyl (C=O) groups excluding carboxylic acids is 1. The summed E-state index contributed by atoms with van der Waals surface area (Å²) in [6.45, 7) is 1.53. The van der Waals surface area contributed by atoms with E-state index in [2.05, 4.69) is 5.32 Å². The summed E-state index contributed by atoms with van der Waals surface area (Å²) in [5, 5.41) is 10.2. The fourth-order valence-electron chi connectivity index (χ4n) is 1.89. The summed E-state index contributed by atoms with van der Waals surface area (Å²) in [5.41, 5.74) is 5.43. The molecule has 0 aromatic carbocycles. The first-order valence-electron chi connectivity index (χ1n) is 4.70. The maximum Gasteiger partial charge on any atom is 0.217 e. The summed E-state index contributed by atoms with van der Waals surface area (Å²) >= 11 is 0. The van der Waals surface area contributed by atoms with Gasteiger partial charge in [0, 0.05) is 18.9 Å². The lowest BCUT2D eigenvalue weighted by molar-refractivity contribution is -0.119. The first kappa shape index (κ1) is 10.0. The van der Waals surface area contributed by atoms with E-state index in [9.17, 15) is 4.79 Å². The van der Waals surface area contributed by atoms with Gasteiger partial charge in [-0.15, -0.1) is 0 Å². The van der Waals surface area contributed by atoms with E-state index in [-0.39, 0.29) is 23.7 Å². The monoisotopic (exact) mass is 183 g/mol. The predicted molar refractivity (Wildman–Crippen MR) is 51.5 cm³/mol. The summed E-state index contributed by atoms with van der Waals surface area (Å²) in [7, 11) is 0. The minimum atomic E-state index is 0.00852. The fraction of sp³-hybridized carbons (Fsp3) is 0.778. The Morgan fingerprint density at radius 2 is 2.23 bits per heavy atom. The van der Waals surface area contributed by atoms with Crippen molar-refractivity contribution in [3.05, 3.63) is 0 Å². The zero-order chi connectivity index (χ0) is 9.84. The van der Waals surface area contributed by atoms with Crippen LogP contribution in [0.1, 0.15) is 32.6 Å².